The van der Waals surface area contributed by atoms with Crippen molar-refractivity contribution in [2.45, 2.75) is 25.8 Å². The number of nitrogens with zero attached hydrogens (tertiary/aromatic N) is 2. The molecule has 2 N–H and O–H groups in total. The van der Waals surface area contributed by atoms with Gasteiger partial charge < -0.3 is 5.73 Å². The third-order valence-electron chi connectivity index (χ3n) is 2.42. The summed E-state index contributed by atoms with van der Waals surface area (Å²) in [5.74, 6) is 0.308. The Morgan fingerprint density at radius 3 is 2.73 bits per heavy atom. The Morgan fingerprint density at radius 2 is 2.13 bits per heavy atom. The Kier molecular flexibility index (Phi) is 3.14. The maximum absolute atomic E-state index is 5.85. The molecule has 5 heteroatoms. The van der Waals surface area contributed by atoms with Crippen LogP contribution in [0.25, 0.3) is 9.88 Å². The van der Waals surface area contributed by atoms with Gasteiger partial charge in [-0.25, -0.2) is 4.98 Å². The van der Waals surface area contributed by atoms with E-state index in [0.29, 0.717) is 5.92 Å². The molecule has 0 aliphatic carbocycles. The van der Waals surface area contributed by atoms with Crippen molar-refractivity contribution >= 4 is 22.7 Å². The second-order valence-corrected chi connectivity index (χ2v) is 5.34. The van der Waals surface area contributed by atoms with Crippen molar-refractivity contribution in [2.24, 2.45) is 5.73 Å². The molecule has 0 bridgehead atoms. The fourth-order valence-corrected chi connectivity index (χ4v) is 2.82. The van der Waals surface area contributed by atoms with Crippen LogP contribution >= 0.6 is 22.7 Å². The maximum atomic E-state index is 5.85. The number of rotatable bonds is 3. The Morgan fingerprint density at radius 1 is 1.33 bits per heavy atom. The van der Waals surface area contributed by atoms with Crippen molar-refractivity contribution in [3.63, 3.8) is 0 Å². The maximum Gasteiger partial charge on any atom is 0.135 e. The van der Waals surface area contributed by atoms with Gasteiger partial charge in [0, 0.05) is 23.5 Å². The van der Waals surface area contributed by atoms with Crippen molar-refractivity contribution in [2.75, 3.05) is 0 Å². The van der Waals surface area contributed by atoms with Crippen LogP contribution in [-0.2, 0) is 0 Å². The predicted octanol–water partition coefficient (Wildman–Crippen LogP) is 2.72. The first-order valence-corrected chi connectivity index (χ1v) is 6.54. The molecule has 0 saturated heterocycles. The first-order valence-electron chi connectivity index (χ1n) is 4.78. The van der Waals surface area contributed by atoms with E-state index in [-0.39, 0.29) is 6.04 Å². The molecule has 2 atom stereocenters. The fourth-order valence-electron chi connectivity index (χ4n) is 1.20. The van der Waals surface area contributed by atoms with Gasteiger partial charge in [-0.15, -0.1) is 22.7 Å². The van der Waals surface area contributed by atoms with Gasteiger partial charge >= 0.3 is 0 Å². The van der Waals surface area contributed by atoms with E-state index in [9.17, 15) is 0 Å². The molecular weight excluding hydrogens is 226 g/mol. The van der Waals surface area contributed by atoms with E-state index in [1.807, 2.05) is 18.6 Å². The fraction of sp³-hybridized carbons (Fsp3) is 0.400. The summed E-state index contributed by atoms with van der Waals surface area (Å²) in [6.45, 7) is 4.12. The van der Waals surface area contributed by atoms with Gasteiger partial charge in [-0.05, 0) is 6.92 Å². The normalized spacial score (nSPS) is 15.1. The van der Waals surface area contributed by atoms with Crippen molar-refractivity contribution < 1.29 is 0 Å². The highest BCUT2D eigenvalue weighted by molar-refractivity contribution is 7.19. The lowest BCUT2D eigenvalue weighted by Gasteiger charge is -2.11. The lowest BCUT2D eigenvalue weighted by Crippen LogP contribution is -2.22. The number of hydrogen-bond donors (Lipinski definition) is 1. The van der Waals surface area contributed by atoms with Crippen molar-refractivity contribution in [3.05, 3.63) is 22.8 Å². The number of thiazole rings is 2. The van der Waals surface area contributed by atoms with Gasteiger partial charge in [0.05, 0.1) is 16.1 Å². The third kappa shape index (κ3) is 2.25. The average molecular weight is 239 g/mol. The number of hydrogen-bond acceptors (Lipinski definition) is 5. The third-order valence-corrected chi connectivity index (χ3v) is 4.22. The zero-order chi connectivity index (χ0) is 10.8. The minimum absolute atomic E-state index is 0.140. The SMILES string of the molecule is CC(N)C(C)c1csc(-c2cncs2)n1. The summed E-state index contributed by atoms with van der Waals surface area (Å²) >= 11 is 3.27. The first kappa shape index (κ1) is 10.7. The summed E-state index contributed by atoms with van der Waals surface area (Å²) in [5.41, 5.74) is 8.76. The summed E-state index contributed by atoms with van der Waals surface area (Å²) in [4.78, 5) is 9.76. The van der Waals surface area contributed by atoms with E-state index >= 15 is 0 Å². The monoisotopic (exact) mass is 239 g/mol. The Labute approximate surface area is 97.0 Å². The Bertz CT molecular complexity index is 420. The molecule has 2 heterocycles. The smallest absolute Gasteiger partial charge is 0.135 e. The molecule has 0 aliphatic rings. The standard InChI is InChI=1S/C10H13N3S2/c1-6(7(2)11)8-4-14-10(13-8)9-3-12-5-15-9/h3-7H,11H2,1-2H3. The van der Waals surface area contributed by atoms with Crippen molar-refractivity contribution in [3.8, 4) is 9.88 Å². The van der Waals surface area contributed by atoms with E-state index in [1.165, 1.54) is 0 Å². The lowest BCUT2D eigenvalue weighted by molar-refractivity contribution is 0.602. The highest BCUT2D eigenvalue weighted by atomic mass is 32.1. The number of aromatic nitrogens is 2. The second-order valence-electron chi connectivity index (χ2n) is 3.59. The summed E-state index contributed by atoms with van der Waals surface area (Å²) in [6, 6.07) is 0.140. The van der Waals surface area contributed by atoms with E-state index in [4.69, 9.17) is 5.73 Å². The molecule has 0 aromatic carbocycles. The van der Waals surface area contributed by atoms with Gasteiger partial charge in [0.2, 0.25) is 0 Å². The van der Waals surface area contributed by atoms with Gasteiger partial charge in [0.25, 0.3) is 0 Å². The average Bonchev–Trinajstić information content (AvgIpc) is 2.86. The van der Waals surface area contributed by atoms with Crippen LogP contribution in [0.15, 0.2) is 17.1 Å². The molecule has 2 aromatic rings. The predicted molar refractivity (Wildman–Crippen MR) is 65.3 cm³/mol. The summed E-state index contributed by atoms with van der Waals surface area (Å²) in [7, 11) is 0. The van der Waals surface area contributed by atoms with Crippen LogP contribution in [0.2, 0.25) is 0 Å². The van der Waals surface area contributed by atoms with Gasteiger partial charge in [-0.2, -0.15) is 0 Å². The molecule has 0 fully saturated rings. The molecule has 0 saturated carbocycles. The molecule has 2 rings (SSSR count). The highest BCUT2D eigenvalue weighted by Crippen LogP contribution is 2.29. The first-order chi connectivity index (χ1) is 7.18. The van der Waals surface area contributed by atoms with Crippen LogP contribution in [0, 0.1) is 0 Å². The van der Waals surface area contributed by atoms with Crippen molar-refractivity contribution in [1.29, 1.82) is 0 Å². The highest BCUT2D eigenvalue weighted by Gasteiger charge is 2.14. The Balaban J connectivity index is 2.25. The quantitative estimate of drug-likeness (QED) is 0.896. The molecular formula is C10H13N3S2. The minimum Gasteiger partial charge on any atom is -0.327 e. The van der Waals surface area contributed by atoms with Crippen LogP contribution in [-0.4, -0.2) is 16.0 Å². The summed E-state index contributed by atoms with van der Waals surface area (Å²) in [5, 5.41) is 3.13. The van der Waals surface area contributed by atoms with Gasteiger partial charge in [0.15, 0.2) is 0 Å². The van der Waals surface area contributed by atoms with Gasteiger partial charge in [-0.1, -0.05) is 6.92 Å². The van der Waals surface area contributed by atoms with Crippen LogP contribution in [0.4, 0.5) is 0 Å². The summed E-state index contributed by atoms with van der Waals surface area (Å²) < 4.78 is 0. The second kappa shape index (κ2) is 4.38. The van der Waals surface area contributed by atoms with E-state index in [0.717, 1.165) is 15.6 Å². The summed E-state index contributed by atoms with van der Waals surface area (Å²) in [6.07, 6.45) is 1.85. The molecule has 0 amide bonds. The minimum atomic E-state index is 0.140. The van der Waals surface area contributed by atoms with Crippen LogP contribution in [0.5, 0.6) is 0 Å². The topological polar surface area (TPSA) is 51.8 Å². The van der Waals surface area contributed by atoms with E-state index < -0.39 is 0 Å². The van der Waals surface area contributed by atoms with Crippen LogP contribution in [0.1, 0.15) is 25.5 Å². The van der Waals surface area contributed by atoms with Gasteiger partial charge in [-0.3, -0.25) is 4.98 Å². The molecule has 15 heavy (non-hydrogen) atoms. The molecule has 3 nitrogen and oxygen atoms in total. The van der Waals surface area contributed by atoms with Crippen LogP contribution in [0.3, 0.4) is 0 Å². The zero-order valence-electron chi connectivity index (χ0n) is 8.68. The molecule has 2 aromatic heterocycles. The van der Waals surface area contributed by atoms with E-state index in [2.05, 4.69) is 22.3 Å². The zero-order valence-corrected chi connectivity index (χ0v) is 10.3. The molecule has 2 unspecified atom stereocenters. The molecule has 80 valence electrons. The van der Waals surface area contributed by atoms with Gasteiger partial charge in [0.1, 0.15) is 5.01 Å². The van der Waals surface area contributed by atoms with E-state index in [1.54, 1.807) is 22.7 Å². The molecule has 0 spiro atoms. The van der Waals surface area contributed by atoms with Crippen molar-refractivity contribution in [1.82, 2.24) is 9.97 Å². The number of nitrogens with two attached hydrogens (primary N) is 1. The molecule has 0 radical (unpaired) electrons. The molecule has 0 aliphatic heterocycles. The van der Waals surface area contributed by atoms with Crippen LogP contribution < -0.4 is 5.73 Å². The lowest BCUT2D eigenvalue weighted by atomic mass is 10.0. The Hall–Kier alpha value is -0.780. The largest absolute Gasteiger partial charge is 0.327 e.